The molecule has 1 saturated heterocycles. The molecule has 2 N–H and O–H groups in total. The van der Waals surface area contributed by atoms with Crippen LogP contribution in [0.2, 0.25) is 0 Å². The highest BCUT2D eigenvalue weighted by atomic mass is 32.2. The third-order valence-corrected chi connectivity index (χ3v) is 2.64. The highest BCUT2D eigenvalue weighted by molar-refractivity contribution is 8.14. The minimum Gasteiger partial charge on any atom is -0.481 e. The van der Waals surface area contributed by atoms with Crippen molar-refractivity contribution in [1.82, 2.24) is 5.32 Å². The Morgan fingerprint density at radius 3 is 2.83 bits per heavy atom. The number of thioether (sulfide) groups is 1. The maximum atomic E-state index is 11.2. The van der Waals surface area contributed by atoms with Gasteiger partial charge in [0.1, 0.15) is 0 Å². The number of aliphatic carboxylic acids is 1. The summed E-state index contributed by atoms with van der Waals surface area (Å²) in [5.74, 6) is -1.07. The number of carbonyl (C=O) groups is 2. The molecular weight excluding hydrogens is 178 g/mol. The summed E-state index contributed by atoms with van der Waals surface area (Å²) in [5.41, 5.74) is 0. The van der Waals surface area contributed by atoms with E-state index >= 15 is 0 Å². The zero-order valence-electron chi connectivity index (χ0n) is 6.58. The van der Waals surface area contributed by atoms with Gasteiger partial charge >= 0.3 is 5.97 Å². The third kappa shape index (κ3) is 2.83. The lowest BCUT2D eigenvalue weighted by atomic mass is 10.2. The Morgan fingerprint density at radius 1 is 1.58 bits per heavy atom. The van der Waals surface area contributed by atoms with Gasteiger partial charge in [-0.2, -0.15) is 0 Å². The van der Waals surface area contributed by atoms with E-state index < -0.39 is 5.97 Å². The predicted molar refractivity (Wildman–Crippen MR) is 46.1 cm³/mol. The van der Waals surface area contributed by atoms with Crippen LogP contribution in [-0.2, 0) is 9.59 Å². The Labute approximate surface area is 74.7 Å². The fraction of sp³-hybridized carbons (Fsp3) is 0.714. The second kappa shape index (κ2) is 4.47. The molecule has 0 bridgehead atoms. The van der Waals surface area contributed by atoms with Gasteiger partial charge in [0.2, 0.25) is 5.12 Å². The molecule has 0 spiro atoms. The van der Waals surface area contributed by atoms with E-state index in [1.165, 1.54) is 0 Å². The van der Waals surface area contributed by atoms with Crippen LogP contribution in [-0.4, -0.2) is 34.5 Å². The first-order valence-corrected chi connectivity index (χ1v) is 4.80. The summed E-state index contributed by atoms with van der Waals surface area (Å²) < 4.78 is 0. The number of rotatable bonds is 3. The molecule has 1 heterocycles. The molecular formula is C7H11NO3S. The van der Waals surface area contributed by atoms with Crippen LogP contribution in [0, 0.1) is 0 Å². The topological polar surface area (TPSA) is 66.4 Å². The van der Waals surface area contributed by atoms with Crippen molar-refractivity contribution in [2.45, 2.75) is 18.9 Å². The Balaban J connectivity index is 2.23. The number of hydrogen-bond acceptors (Lipinski definition) is 4. The first-order chi connectivity index (χ1) is 5.70. The summed E-state index contributed by atoms with van der Waals surface area (Å²) in [4.78, 5) is 21.3. The number of carbonyl (C=O) groups excluding carboxylic acids is 1. The molecule has 1 aliphatic heterocycles. The van der Waals surface area contributed by atoms with E-state index in [2.05, 4.69) is 5.32 Å². The highest BCUT2D eigenvalue weighted by Crippen LogP contribution is 2.13. The summed E-state index contributed by atoms with van der Waals surface area (Å²) >= 11 is 0.881. The lowest BCUT2D eigenvalue weighted by Crippen LogP contribution is -2.29. The molecule has 0 unspecified atom stereocenters. The molecule has 12 heavy (non-hydrogen) atoms. The monoisotopic (exact) mass is 189 g/mol. The quantitative estimate of drug-likeness (QED) is 0.658. The van der Waals surface area contributed by atoms with Crippen molar-refractivity contribution in [3.63, 3.8) is 0 Å². The second-order valence-electron chi connectivity index (χ2n) is 2.65. The molecule has 68 valence electrons. The molecule has 1 atom stereocenters. The van der Waals surface area contributed by atoms with E-state index in [0.29, 0.717) is 0 Å². The first-order valence-electron chi connectivity index (χ1n) is 3.82. The molecule has 1 aliphatic rings. The Morgan fingerprint density at radius 2 is 2.33 bits per heavy atom. The number of carboxylic acids is 1. The van der Waals surface area contributed by atoms with E-state index in [-0.39, 0.29) is 16.9 Å². The molecule has 0 aromatic rings. The van der Waals surface area contributed by atoms with Crippen molar-refractivity contribution >= 4 is 22.8 Å². The molecule has 0 aliphatic carbocycles. The first kappa shape index (κ1) is 9.54. The molecule has 1 rings (SSSR count). The van der Waals surface area contributed by atoms with Gasteiger partial charge in [-0.15, -0.1) is 0 Å². The average Bonchev–Trinajstić information content (AvgIpc) is 2.51. The van der Waals surface area contributed by atoms with Crippen molar-refractivity contribution < 1.29 is 14.7 Å². The van der Waals surface area contributed by atoms with Crippen LogP contribution < -0.4 is 5.32 Å². The zero-order valence-corrected chi connectivity index (χ0v) is 7.39. The average molecular weight is 189 g/mol. The van der Waals surface area contributed by atoms with Crippen LogP contribution in [0.5, 0.6) is 0 Å². The Bertz CT molecular complexity index is 189. The van der Waals surface area contributed by atoms with Gasteiger partial charge in [0.15, 0.2) is 0 Å². The number of hydrogen-bond donors (Lipinski definition) is 2. The van der Waals surface area contributed by atoms with Gasteiger partial charge in [-0.25, -0.2) is 0 Å². The lowest BCUT2D eigenvalue weighted by Gasteiger charge is -2.05. The van der Waals surface area contributed by atoms with Crippen LogP contribution in [0.1, 0.15) is 12.8 Å². The summed E-state index contributed by atoms with van der Waals surface area (Å²) in [6.07, 6.45) is 1.84. The van der Waals surface area contributed by atoms with Crippen LogP contribution in [0.15, 0.2) is 0 Å². The van der Waals surface area contributed by atoms with Crippen LogP contribution >= 0.6 is 11.8 Å². The van der Waals surface area contributed by atoms with Crippen molar-refractivity contribution in [2.24, 2.45) is 0 Å². The van der Waals surface area contributed by atoms with Gasteiger partial charge in [0, 0.05) is 0 Å². The molecule has 1 fully saturated rings. The van der Waals surface area contributed by atoms with Crippen molar-refractivity contribution in [3.8, 4) is 0 Å². The maximum absolute atomic E-state index is 11.2. The number of nitrogens with one attached hydrogen (secondary N) is 1. The zero-order chi connectivity index (χ0) is 8.97. The molecule has 0 aromatic carbocycles. The molecule has 0 saturated carbocycles. The smallest absolute Gasteiger partial charge is 0.313 e. The predicted octanol–water partition coefficient (Wildman–Crippen LogP) is 0.0828. The normalized spacial score (nSPS) is 22.5. The molecule has 5 heteroatoms. The van der Waals surface area contributed by atoms with Gasteiger partial charge in [-0.1, -0.05) is 11.8 Å². The van der Waals surface area contributed by atoms with E-state index in [1.54, 1.807) is 0 Å². The van der Waals surface area contributed by atoms with E-state index in [1.807, 2.05) is 0 Å². The van der Waals surface area contributed by atoms with Gasteiger partial charge in [0.25, 0.3) is 0 Å². The van der Waals surface area contributed by atoms with Crippen LogP contribution in [0.25, 0.3) is 0 Å². The molecule has 0 amide bonds. The lowest BCUT2D eigenvalue weighted by molar-refractivity contribution is -0.134. The van der Waals surface area contributed by atoms with Crippen LogP contribution in [0.4, 0.5) is 0 Å². The summed E-state index contributed by atoms with van der Waals surface area (Å²) in [6.45, 7) is 0.865. The molecule has 0 radical (unpaired) electrons. The van der Waals surface area contributed by atoms with E-state index in [0.717, 1.165) is 31.1 Å². The maximum Gasteiger partial charge on any atom is 0.313 e. The summed E-state index contributed by atoms with van der Waals surface area (Å²) in [6, 6.07) is -0.116. The fourth-order valence-corrected chi connectivity index (χ4v) is 1.79. The summed E-state index contributed by atoms with van der Waals surface area (Å²) in [5, 5.41) is 11.3. The second-order valence-corrected chi connectivity index (χ2v) is 3.63. The highest BCUT2D eigenvalue weighted by Gasteiger charge is 2.22. The summed E-state index contributed by atoms with van der Waals surface area (Å²) in [7, 11) is 0. The SMILES string of the molecule is O=C(O)CSC(=O)[C@@H]1CCCN1. The van der Waals surface area contributed by atoms with Gasteiger partial charge in [-0.3, -0.25) is 9.59 Å². The van der Waals surface area contributed by atoms with Gasteiger partial charge in [0.05, 0.1) is 11.8 Å². The minimum atomic E-state index is -0.939. The molecule has 4 nitrogen and oxygen atoms in total. The van der Waals surface area contributed by atoms with Crippen molar-refractivity contribution in [1.29, 1.82) is 0 Å². The molecule has 0 aromatic heterocycles. The largest absolute Gasteiger partial charge is 0.481 e. The standard InChI is InChI=1S/C7H11NO3S/c9-6(10)4-12-7(11)5-2-1-3-8-5/h5,8H,1-4H2,(H,9,10)/t5-/m0/s1. The minimum absolute atomic E-state index is 0.0464. The van der Waals surface area contributed by atoms with Gasteiger partial charge < -0.3 is 10.4 Å². The van der Waals surface area contributed by atoms with E-state index in [9.17, 15) is 9.59 Å². The van der Waals surface area contributed by atoms with Crippen molar-refractivity contribution in [3.05, 3.63) is 0 Å². The van der Waals surface area contributed by atoms with Crippen LogP contribution in [0.3, 0.4) is 0 Å². The number of carboxylic acid groups (broad SMARTS) is 1. The van der Waals surface area contributed by atoms with Gasteiger partial charge in [-0.05, 0) is 19.4 Å². The van der Waals surface area contributed by atoms with Crippen molar-refractivity contribution in [2.75, 3.05) is 12.3 Å². The fourth-order valence-electron chi connectivity index (χ4n) is 1.12. The Hall–Kier alpha value is -0.550. The third-order valence-electron chi connectivity index (χ3n) is 1.68. The van der Waals surface area contributed by atoms with E-state index in [4.69, 9.17) is 5.11 Å². The Kier molecular flexibility index (Phi) is 3.55.